The molecule has 5 heteroatoms. The first-order chi connectivity index (χ1) is 7.49. The summed E-state index contributed by atoms with van der Waals surface area (Å²) < 4.78 is 0. The van der Waals surface area contributed by atoms with Crippen molar-refractivity contribution in [3.05, 3.63) is 16.1 Å². The molecule has 1 aromatic heterocycles. The summed E-state index contributed by atoms with van der Waals surface area (Å²) in [7, 11) is 1.81. The van der Waals surface area contributed by atoms with Gasteiger partial charge in [-0.2, -0.15) is 0 Å². The van der Waals surface area contributed by atoms with Gasteiger partial charge in [-0.15, -0.1) is 11.3 Å². The van der Waals surface area contributed by atoms with Crippen molar-refractivity contribution in [3.8, 4) is 0 Å². The van der Waals surface area contributed by atoms with Crippen LogP contribution in [0.25, 0.3) is 0 Å². The van der Waals surface area contributed by atoms with Gasteiger partial charge in [0, 0.05) is 43.5 Å². The van der Waals surface area contributed by atoms with Crippen molar-refractivity contribution >= 4 is 17.2 Å². The number of hydrogen-bond donors (Lipinski definition) is 1. The molecular formula is C11H19N3OS. The normalized spacial score (nSPS) is 12.5. The lowest BCUT2D eigenvalue weighted by atomic mass is 10.2. The molecule has 0 aliphatic heterocycles. The maximum atomic E-state index is 11.6. The van der Waals surface area contributed by atoms with Crippen LogP contribution in [0.1, 0.15) is 23.2 Å². The summed E-state index contributed by atoms with van der Waals surface area (Å²) in [6.45, 7) is 4.58. The number of thiazole rings is 1. The van der Waals surface area contributed by atoms with Crippen LogP contribution < -0.4 is 5.73 Å². The van der Waals surface area contributed by atoms with Gasteiger partial charge in [0.15, 0.2) is 0 Å². The molecule has 0 bridgehead atoms. The van der Waals surface area contributed by atoms with Gasteiger partial charge in [0.1, 0.15) is 0 Å². The molecule has 1 heterocycles. The second-order valence-corrected chi connectivity index (χ2v) is 5.43. The zero-order valence-corrected chi connectivity index (χ0v) is 10.9. The second-order valence-electron chi connectivity index (χ2n) is 4.11. The fourth-order valence-electron chi connectivity index (χ4n) is 1.34. The topological polar surface area (TPSA) is 59.2 Å². The van der Waals surface area contributed by atoms with Gasteiger partial charge < -0.3 is 10.6 Å². The van der Waals surface area contributed by atoms with Gasteiger partial charge in [-0.3, -0.25) is 4.79 Å². The number of hydrogen-bond acceptors (Lipinski definition) is 4. The molecule has 0 spiro atoms. The Bertz CT molecular complexity index is 349. The highest BCUT2D eigenvalue weighted by molar-refractivity contribution is 7.11. The van der Waals surface area contributed by atoms with Crippen molar-refractivity contribution in [1.82, 2.24) is 9.88 Å². The number of amides is 1. The molecule has 16 heavy (non-hydrogen) atoms. The van der Waals surface area contributed by atoms with Crippen molar-refractivity contribution in [2.75, 3.05) is 13.6 Å². The first-order valence-corrected chi connectivity index (χ1v) is 6.21. The average Bonchev–Trinajstić information content (AvgIpc) is 2.59. The smallest absolute Gasteiger partial charge is 0.223 e. The maximum Gasteiger partial charge on any atom is 0.223 e. The minimum absolute atomic E-state index is 0.0722. The number of aromatic nitrogens is 1. The number of nitrogens with two attached hydrogens (primary N) is 1. The predicted octanol–water partition coefficient (Wildman–Crippen LogP) is 1.19. The van der Waals surface area contributed by atoms with Crippen LogP contribution in [0.4, 0.5) is 0 Å². The van der Waals surface area contributed by atoms with E-state index in [9.17, 15) is 4.79 Å². The molecule has 0 aliphatic rings. The Labute approximate surface area is 100 Å². The van der Waals surface area contributed by atoms with E-state index in [1.165, 1.54) is 4.88 Å². The summed E-state index contributed by atoms with van der Waals surface area (Å²) in [5, 5.41) is 1.08. The molecule has 1 atom stereocenters. The molecular weight excluding hydrogens is 222 g/mol. The van der Waals surface area contributed by atoms with Crippen molar-refractivity contribution in [2.24, 2.45) is 5.73 Å². The average molecular weight is 241 g/mol. The Morgan fingerprint density at radius 1 is 1.69 bits per heavy atom. The van der Waals surface area contributed by atoms with E-state index in [0.717, 1.165) is 11.4 Å². The molecule has 1 unspecified atom stereocenters. The second kappa shape index (κ2) is 5.96. The van der Waals surface area contributed by atoms with Crippen LogP contribution in [-0.4, -0.2) is 35.4 Å². The highest BCUT2D eigenvalue weighted by Crippen LogP contribution is 2.11. The third-order valence-electron chi connectivity index (χ3n) is 2.25. The van der Waals surface area contributed by atoms with Gasteiger partial charge in [0.05, 0.1) is 5.01 Å². The first-order valence-electron chi connectivity index (χ1n) is 5.40. The lowest BCUT2D eigenvalue weighted by molar-refractivity contribution is -0.130. The summed E-state index contributed by atoms with van der Waals surface area (Å²) in [4.78, 5) is 18.8. The van der Waals surface area contributed by atoms with Crippen LogP contribution in [0.3, 0.4) is 0 Å². The number of aryl methyl sites for hydroxylation is 1. The number of carbonyl (C=O) groups is 1. The van der Waals surface area contributed by atoms with Crippen LogP contribution in [0.2, 0.25) is 0 Å². The van der Waals surface area contributed by atoms with Gasteiger partial charge >= 0.3 is 0 Å². The molecule has 0 saturated carbocycles. The van der Waals surface area contributed by atoms with E-state index in [2.05, 4.69) is 4.98 Å². The fraction of sp³-hybridized carbons (Fsp3) is 0.636. The Kier molecular flexibility index (Phi) is 4.89. The Hall–Kier alpha value is -0.940. The van der Waals surface area contributed by atoms with Gasteiger partial charge in [-0.05, 0) is 13.8 Å². The van der Waals surface area contributed by atoms with E-state index in [4.69, 9.17) is 5.73 Å². The van der Waals surface area contributed by atoms with Crippen LogP contribution in [0.5, 0.6) is 0 Å². The molecule has 0 radical (unpaired) electrons. The quantitative estimate of drug-likeness (QED) is 0.842. The number of likely N-dealkylation sites (N-methyl/N-ethyl adjacent to an activating group) is 1. The van der Waals surface area contributed by atoms with Crippen LogP contribution in [-0.2, 0) is 11.2 Å². The Morgan fingerprint density at radius 3 is 2.88 bits per heavy atom. The zero-order valence-electron chi connectivity index (χ0n) is 10.1. The summed E-state index contributed by atoms with van der Waals surface area (Å²) >= 11 is 1.68. The summed E-state index contributed by atoms with van der Waals surface area (Å²) in [5.41, 5.74) is 5.58. The van der Waals surface area contributed by atoms with Crippen molar-refractivity contribution in [1.29, 1.82) is 0 Å². The Morgan fingerprint density at radius 2 is 2.38 bits per heavy atom. The van der Waals surface area contributed by atoms with Crippen molar-refractivity contribution in [2.45, 2.75) is 32.7 Å². The van der Waals surface area contributed by atoms with E-state index in [1.807, 2.05) is 27.1 Å². The van der Waals surface area contributed by atoms with Crippen molar-refractivity contribution < 1.29 is 4.79 Å². The van der Waals surface area contributed by atoms with E-state index in [0.29, 0.717) is 13.0 Å². The number of nitrogens with zero attached hydrogens (tertiary/aromatic N) is 2. The SMILES string of the molecule is Cc1cnc(CCN(C)C(=O)CC(C)N)s1. The predicted molar refractivity (Wildman–Crippen MR) is 66.5 cm³/mol. The molecule has 1 aromatic rings. The summed E-state index contributed by atoms with van der Waals surface area (Å²) in [6, 6.07) is -0.0722. The van der Waals surface area contributed by atoms with Crippen molar-refractivity contribution in [3.63, 3.8) is 0 Å². The highest BCUT2D eigenvalue weighted by atomic mass is 32.1. The molecule has 1 rings (SSSR count). The minimum Gasteiger partial charge on any atom is -0.345 e. The maximum absolute atomic E-state index is 11.6. The molecule has 0 saturated heterocycles. The molecule has 4 nitrogen and oxygen atoms in total. The third kappa shape index (κ3) is 4.28. The standard InChI is InChI=1S/C11H19N3OS/c1-8(12)6-11(15)14(3)5-4-10-13-7-9(2)16-10/h7-8H,4-6,12H2,1-3H3. The number of carbonyl (C=O) groups excluding carboxylic acids is 1. The lowest BCUT2D eigenvalue weighted by Crippen LogP contribution is -2.33. The van der Waals surface area contributed by atoms with E-state index < -0.39 is 0 Å². The fourth-order valence-corrected chi connectivity index (χ4v) is 2.11. The van der Waals surface area contributed by atoms with Crippen LogP contribution in [0, 0.1) is 6.92 Å². The molecule has 90 valence electrons. The van der Waals surface area contributed by atoms with E-state index in [-0.39, 0.29) is 11.9 Å². The van der Waals surface area contributed by atoms with Crippen LogP contribution >= 0.6 is 11.3 Å². The molecule has 0 aliphatic carbocycles. The Balaban J connectivity index is 2.34. The summed E-state index contributed by atoms with van der Waals surface area (Å²) in [5.74, 6) is 0.100. The van der Waals surface area contributed by atoms with Gasteiger partial charge in [-0.25, -0.2) is 4.98 Å². The molecule has 0 fully saturated rings. The molecule has 1 amide bonds. The third-order valence-corrected chi connectivity index (χ3v) is 3.23. The van der Waals surface area contributed by atoms with E-state index >= 15 is 0 Å². The van der Waals surface area contributed by atoms with Crippen LogP contribution in [0.15, 0.2) is 6.20 Å². The zero-order chi connectivity index (χ0) is 12.1. The number of rotatable bonds is 5. The van der Waals surface area contributed by atoms with Gasteiger partial charge in [0.25, 0.3) is 0 Å². The summed E-state index contributed by atoms with van der Waals surface area (Å²) in [6.07, 6.45) is 3.09. The highest BCUT2D eigenvalue weighted by Gasteiger charge is 2.11. The molecule has 0 aromatic carbocycles. The van der Waals surface area contributed by atoms with Gasteiger partial charge in [0.2, 0.25) is 5.91 Å². The largest absolute Gasteiger partial charge is 0.345 e. The van der Waals surface area contributed by atoms with Gasteiger partial charge in [-0.1, -0.05) is 0 Å². The van der Waals surface area contributed by atoms with E-state index in [1.54, 1.807) is 16.2 Å². The monoisotopic (exact) mass is 241 g/mol. The molecule has 2 N–H and O–H groups in total. The minimum atomic E-state index is -0.0722. The first kappa shape index (κ1) is 13.1. The lowest BCUT2D eigenvalue weighted by Gasteiger charge is -2.17.